The lowest BCUT2D eigenvalue weighted by Crippen LogP contribution is -2.40. The highest BCUT2D eigenvalue weighted by Crippen LogP contribution is 2.28. The van der Waals surface area contributed by atoms with Gasteiger partial charge >= 0.3 is 0 Å². The highest BCUT2D eigenvalue weighted by Gasteiger charge is 2.33. The van der Waals surface area contributed by atoms with Crippen molar-refractivity contribution < 1.29 is 4.74 Å². The quantitative estimate of drug-likeness (QED) is 0.378. The molecule has 18 heavy (non-hydrogen) atoms. The van der Waals surface area contributed by atoms with Crippen LogP contribution in [-0.4, -0.2) is 64.3 Å². The fourth-order valence-corrected chi connectivity index (χ4v) is 1.81. The Morgan fingerprint density at radius 1 is 1.44 bits per heavy atom. The van der Waals surface area contributed by atoms with E-state index in [1.54, 1.807) is 7.11 Å². The van der Waals surface area contributed by atoms with Crippen molar-refractivity contribution in [1.82, 2.24) is 15.5 Å². The lowest BCUT2D eigenvalue weighted by molar-refractivity contribution is 0.161. The van der Waals surface area contributed by atoms with Crippen LogP contribution in [0.5, 0.6) is 0 Å². The molecule has 1 aliphatic rings. The van der Waals surface area contributed by atoms with E-state index in [1.165, 1.54) is 6.42 Å². The molecule has 106 valence electrons. The minimum Gasteiger partial charge on any atom is -0.383 e. The summed E-state index contributed by atoms with van der Waals surface area (Å²) in [6, 6.07) is 0.626. The van der Waals surface area contributed by atoms with Gasteiger partial charge in [0, 0.05) is 33.3 Å². The lowest BCUT2D eigenvalue weighted by Gasteiger charge is -2.17. The fraction of sp³-hybridized carbons (Fsp3) is 0.923. The van der Waals surface area contributed by atoms with Crippen molar-refractivity contribution in [2.75, 3.05) is 47.4 Å². The van der Waals surface area contributed by atoms with E-state index in [0.717, 1.165) is 44.5 Å². The summed E-state index contributed by atoms with van der Waals surface area (Å²) >= 11 is 0. The summed E-state index contributed by atoms with van der Waals surface area (Å²) in [4.78, 5) is 6.51. The second-order valence-electron chi connectivity index (χ2n) is 5.11. The van der Waals surface area contributed by atoms with Crippen molar-refractivity contribution in [3.05, 3.63) is 0 Å². The Labute approximate surface area is 111 Å². The summed E-state index contributed by atoms with van der Waals surface area (Å²) in [5, 5.41) is 6.77. The van der Waals surface area contributed by atoms with Crippen LogP contribution >= 0.6 is 0 Å². The molecule has 0 radical (unpaired) electrons. The zero-order valence-electron chi connectivity index (χ0n) is 12.2. The Balaban J connectivity index is 2.01. The third-order valence-corrected chi connectivity index (χ3v) is 3.34. The van der Waals surface area contributed by atoms with E-state index in [1.807, 2.05) is 7.05 Å². The number of rotatable bonds is 8. The molecule has 2 unspecified atom stereocenters. The minimum atomic E-state index is 0.626. The highest BCUT2D eigenvalue weighted by atomic mass is 16.5. The highest BCUT2D eigenvalue weighted by molar-refractivity contribution is 5.80. The average Bonchev–Trinajstić information content (AvgIpc) is 3.06. The van der Waals surface area contributed by atoms with Gasteiger partial charge in [-0.25, -0.2) is 0 Å². The first kappa shape index (κ1) is 15.2. The maximum Gasteiger partial charge on any atom is 0.191 e. The monoisotopic (exact) mass is 256 g/mol. The van der Waals surface area contributed by atoms with E-state index >= 15 is 0 Å². The van der Waals surface area contributed by atoms with Crippen LogP contribution in [-0.2, 0) is 4.74 Å². The van der Waals surface area contributed by atoms with E-state index in [0.29, 0.717) is 6.04 Å². The summed E-state index contributed by atoms with van der Waals surface area (Å²) in [7, 11) is 5.69. The molecule has 1 saturated carbocycles. The number of hydrogen-bond donors (Lipinski definition) is 2. The van der Waals surface area contributed by atoms with Crippen molar-refractivity contribution in [2.45, 2.75) is 25.8 Å². The smallest absolute Gasteiger partial charge is 0.191 e. The van der Waals surface area contributed by atoms with Gasteiger partial charge in [-0.05, 0) is 32.4 Å². The van der Waals surface area contributed by atoms with Crippen molar-refractivity contribution in [3.63, 3.8) is 0 Å². The Bertz CT molecular complexity index is 257. The SMILES string of the molecule is CN=C(NCCCN(C)CCOC)NC1CC1C. The van der Waals surface area contributed by atoms with E-state index in [-0.39, 0.29) is 0 Å². The molecule has 5 nitrogen and oxygen atoms in total. The number of nitrogens with one attached hydrogen (secondary N) is 2. The number of likely N-dealkylation sites (N-methyl/N-ethyl adjacent to an activating group) is 1. The third kappa shape index (κ3) is 6.21. The second kappa shape index (κ2) is 8.32. The van der Waals surface area contributed by atoms with Gasteiger partial charge in [-0.3, -0.25) is 4.99 Å². The van der Waals surface area contributed by atoms with E-state index in [9.17, 15) is 0 Å². The number of guanidine groups is 1. The summed E-state index contributed by atoms with van der Waals surface area (Å²) in [5.74, 6) is 1.73. The summed E-state index contributed by atoms with van der Waals surface area (Å²) in [6.45, 7) is 6.08. The predicted octanol–water partition coefficient (Wildman–Crippen LogP) is 0.528. The van der Waals surface area contributed by atoms with Crippen LogP contribution in [0.15, 0.2) is 4.99 Å². The predicted molar refractivity (Wildman–Crippen MR) is 76.1 cm³/mol. The number of hydrogen-bond acceptors (Lipinski definition) is 3. The molecule has 2 N–H and O–H groups in total. The molecule has 0 aromatic rings. The lowest BCUT2D eigenvalue weighted by atomic mass is 10.4. The molecule has 0 spiro atoms. The van der Waals surface area contributed by atoms with Crippen molar-refractivity contribution >= 4 is 5.96 Å². The van der Waals surface area contributed by atoms with Gasteiger partial charge in [-0.1, -0.05) is 6.92 Å². The molecule has 0 saturated heterocycles. The molecule has 2 atom stereocenters. The standard InChI is InChI=1S/C13H28N4O/c1-11-10-12(11)16-13(14-2)15-6-5-7-17(3)8-9-18-4/h11-12H,5-10H2,1-4H3,(H2,14,15,16). The molecule has 5 heteroatoms. The first-order valence-electron chi connectivity index (χ1n) is 6.82. The Kier molecular flexibility index (Phi) is 7.05. The number of aliphatic imine (C=N–C) groups is 1. The molecular formula is C13H28N4O. The zero-order chi connectivity index (χ0) is 13.4. The van der Waals surface area contributed by atoms with Gasteiger partial charge < -0.3 is 20.3 Å². The summed E-state index contributed by atoms with van der Waals surface area (Å²) in [5.41, 5.74) is 0. The topological polar surface area (TPSA) is 48.9 Å². The number of methoxy groups -OCH3 is 1. The van der Waals surface area contributed by atoms with Crippen molar-refractivity contribution in [1.29, 1.82) is 0 Å². The maximum absolute atomic E-state index is 5.05. The number of nitrogens with zero attached hydrogens (tertiary/aromatic N) is 2. The molecule has 0 heterocycles. The van der Waals surface area contributed by atoms with Crippen LogP contribution < -0.4 is 10.6 Å². The van der Waals surface area contributed by atoms with Gasteiger partial charge in [0.1, 0.15) is 0 Å². The van der Waals surface area contributed by atoms with Crippen molar-refractivity contribution in [2.24, 2.45) is 10.9 Å². The summed E-state index contributed by atoms with van der Waals surface area (Å²) < 4.78 is 5.05. The van der Waals surface area contributed by atoms with Crippen LogP contribution in [0.25, 0.3) is 0 Å². The van der Waals surface area contributed by atoms with Gasteiger partial charge in [-0.2, -0.15) is 0 Å². The van der Waals surface area contributed by atoms with Crippen LogP contribution in [0.3, 0.4) is 0 Å². The first-order chi connectivity index (χ1) is 8.67. The molecule has 1 fully saturated rings. The van der Waals surface area contributed by atoms with Crippen LogP contribution in [0, 0.1) is 5.92 Å². The van der Waals surface area contributed by atoms with E-state index in [4.69, 9.17) is 4.74 Å². The average molecular weight is 256 g/mol. The molecule has 1 rings (SSSR count). The van der Waals surface area contributed by atoms with Crippen LogP contribution in [0.2, 0.25) is 0 Å². The van der Waals surface area contributed by atoms with Gasteiger partial charge in [0.25, 0.3) is 0 Å². The molecule has 0 aliphatic heterocycles. The molecular weight excluding hydrogens is 228 g/mol. The molecule has 0 amide bonds. The van der Waals surface area contributed by atoms with Crippen molar-refractivity contribution in [3.8, 4) is 0 Å². The van der Waals surface area contributed by atoms with Crippen LogP contribution in [0.1, 0.15) is 19.8 Å². The van der Waals surface area contributed by atoms with Gasteiger partial charge in [-0.15, -0.1) is 0 Å². The van der Waals surface area contributed by atoms with Gasteiger partial charge in [0.15, 0.2) is 5.96 Å². The Hall–Kier alpha value is -0.810. The van der Waals surface area contributed by atoms with Crippen LogP contribution in [0.4, 0.5) is 0 Å². The Morgan fingerprint density at radius 2 is 2.17 bits per heavy atom. The van der Waals surface area contributed by atoms with Gasteiger partial charge in [0.05, 0.1) is 6.61 Å². The first-order valence-corrected chi connectivity index (χ1v) is 6.82. The number of ether oxygens (including phenoxy) is 1. The molecule has 0 aromatic heterocycles. The normalized spacial score (nSPS) is 23.3. The van der Waals surface area contributed by atoms with Gasteiger partial charge in [0.2, 0.25) is 0 Å². The molecule has 0 bridgehead atoms. The van der Waals surface area contributed by atoms with E-state index < -0.39 is 0 Å². The maximum atomic E-state index is 5.05. The fourth-order valence-electron chi connectivity index (χ4n) is 1.81. The molecule has 0 aromatic carbocycles. The minimum absolute atomic E-state index is 0.626. The Morgan fingerprint density at radius 3 is 2.72 bits per heavy atom. The third-order valence-electron chi connectivity index (χ3n) is 3.34. The zero-order valence-corrected chi connectivity index (χ0v) is 12.2. The van der Waals surface area contributed by atoms with E-state index in [2.05, 4.69) is 34.5 Å². The summed E-state index contributed by atoms with van der Waals surface area (Å²) in [6.07, 6.45) is 2.38. The second-order valence-corrected chi connectivity index (χ2v) is 5.11. The largest absolute Gasteiger partial charge is 0.383 e. The molecule has 1 aliphatic carbocycles.